The SMILES string of the molecule is CS(=O)(=O)N1CCC(NC(=O)c2csc(N)n2)CC1. The van der Waals surface area contributed by atoms with Crippen molar-refractivity contribution in [2.75, 3.05) is 25.1 Å². The summed E-state index contributed by atoms with van der Waals surface area (Å²) in [7, 11) is -3.13. The smallest absolute Gasteiger partial charge is 0.271 e. The lowest BCUT2D eigenvalue weighted by atomic mass is 10.1. The topological polar surface area (TPSA) is 105 Å². The molecule has 1 aliphatic rings. The van der Waals surface area contributed by atoms with E-state index < -0.39 is 10.0 Å². The monoisotopic (exact) mass is 304 g/mol. The molecule has 0 unspecified atom stereocenters. The van der Waals surface area contributed by atoms with Crippen molar-refractivity contribution in [3.05, 3.63) is 11.1 Å². The number of nitrogens with zero attached hydrogens (tertiary/aromatic N) is 2. The van der Waals surface area contributed by atoms with E-state index in [0.717, 1.165) is 0 Å². The van der Waals surface area contributed by atoms with E-state index in [4.69, 9.17) is 5.73 Å². The van der Waals surface area contributed by atoms with Gasteiger partial charge in [-0.2, -0.15) is 0 Å². The fraction of sp³-hybridized carbons (Fsp3) is 0.600. The predicted octanol–water partition coefficient (Wildman–Crippen LogP) is -0.121. The van der Waals surface area contributed by atoms with Crippen molar-refractivity contribution < 1.29 is 13.2 Å². The minimum atomic E-state index is -3.13. The number of sulfonamides is 1. The second kappa shape index (κ2) is 5.43. The molecule has 0 bridgehead atoms. The molecule has 9 heteroatoms. The minimum absolute atomic E-state index is 0.0200. The number of anilines is 1. The van der Waals surface area contributed by atoms with Gasteiger partial charge in [-0.05, 0) is 12.8 Å². The Morgan fingerprint density at radius 3 is 2.63 bits per heavy atom. The molecule has 1 fully saturated rings. The Labute approximate surface area is 115 Å². The Hall–Kier alpha value is -1.19. The Balaban J connectivity index is 1.88. The molecule has 1 aromatic rings. The fourth-order valence-electron chi connectivity index (χ4n) is 1.98. The van der Waals surface area contributed by atoms with Gasteiger partial charge in [0, 0.05) is 24.5 Å². The molecule has 2 rings (SSSR count). The molecule has 1 saturated heterocycles. The Morgan fingerprint density at radius 1 is 1.53 bits per heavy atom. The van der Waals surface area contributed by atoms with Gasteiger partial charge in [0.05, 0.1) is 6.26 Å². The van der Waals surface area contributed by atoms with Crippen LogP contribution in [-0.2, 0) is 10.0 Å². The Bertz CT molecular complexity index is 561. The van der Waals surface area contributed by atoms with Gasteiger partial charge in [0.15, 0.2) is 5.13 Å². The van der Waals surface area contributed by atoms with Crippen molar-refractivity contribution in [1.82, 2.24) is 14.6 Å². The fourth-order valence-corrected chi connectivity index (χ4v) is 3.40. The molecule has 2 heterocycles. The van der Waals surface area contributed by atoms with Crippen LogP contribution in [0.25, 0.3) is 0 Å². The zero-order valence-corrected chi connectivity index (χ0v) is 12.1. The zero-order chi connectivity index (χ0) is 14.0. The van der Waals surface area contributed by atoms with E-state index in [0.29, 0.717) is 36.8 Å². The van der Waals surface area contributed by atoms with Crippen LogP contribution >= 0.6 is 11.3 Å². The maximum atomic E-state index is 11.9. The number of nitrogen functional groups attached to an aromatic ring is 1. The van der Waals surface area contributed by atoms with Gasteiger partial charge in [0.1, 0.15) is 5.69 Å². The second-order valence-corrected chi connectivity index (χ2v) is 7.35. The summed E-state index contributed by atoms with van der Waals surface area (Å²) in [6.07, 6.45) is 2.42. The Kier molecular flexibility index (Phi) is 4.07. The molecule has 0 saturated carbocycles. The lowest BCUT2D eigenvalue weighted by Crippen LogP contribution is -2.46. The molecular formula is C10H16N4O3S2. The number of carbonyl (C=O) groups is 1. The number of hydrogen-bond acceptors (Lipinski definition) is 6. The first kappa shape index (κ1) is 14.2. The van der Waals surface area contributed by atoms with Gasteiger partial charge in [-0.25, -0.2) is 17.7 Å². The van der Waals surface area contributed by atoms with Crippen LogP contribution in [-0.4, -0.2) is 49.0 Å². The minimum Gasteiger partial charge on any atom is -0.375 e. The molecule has 7 nitrogen and oxygen atoms in total. The molecular weight excluding hydrogens is 288 g/mol. The van der Waals surface area contributed by atoms with Gasteiger partial charge in [-0.3, -0.25) is 4.79 Å². The summed E-state index contributed by atoms with van der Waals surface area (Å²) in [6.45, 7) is 0.867. The number of carbonyl (C=O) groups excluding carboxylic acids is 1. The average Bonchev–Trinajstić information content (AvgIpc) is 2.75. The first-order chi connectivity index (χ1) is 8.86. The quantitative estimate of drug-likeness (QED) is 0.810. The van der Waals surface area contributed by atoms with E-state index in [-0.39, 0.29) is 11.9 Å². The third kappa shape index (κ3) is 3.64. The van der Waals surface area contributed by atoms with Gasteiger partial charge < -0.3 is 11.1 Å². The lowest BCUT2D eigenvalue weighted by Gasteiger charge is -2.30. The number of nitrogens with one attached hydrogen (secondary N) is 1. The normalized spacial score (nSPS) is 18.4. The van der Waals surface area contributed by atoms with Crippen molar-refractivity contribution in [2.45, 2.75) is 18.9 Å². The van der Waals surface area contributed by atoms with E-state index in [1.807, 2.05) is 0 Å². The highest BCUT2D eigenvalue weighted by Crippen LogP contribution is 2.15. The largest absolute Gasteiger partial charge is 0.375 e. The van der Waals surface area contributed by atoms with E-state index in [2.05, 4.69) is 10.3 Å². The molecule has 1 amide bonds. The number of piperidine rings is 1. The summed E-state index contributed by atoms with van der Waals surface area (Å²) in [5.41, 5.74) is 5.78. The number of amides is 1. The summed E-state index contributed by atoms with van der Waals surface area (Å²) < 4.78 is 24.1. The number of aromatic nitrogens is 1. The summed E-state index contributed by atoms with van der Waals surface area (Å²) in [4.78, 5) is 15.8. The number of nitrogens with two attached hydrogens (primary N) is 1. The maximum Gasteiger partial charge on any atom is 0.271 e. The van der Waals surface area contributed by atoms with E-state index >= 15 is 0 Å². The summed E-state index contributed by atoms with van der Waals surface area (Å²) in [5.74, 6) is -0.259. The van der Waals surface area contributed by atoms with E-state index in [1.165, 1.54) is 21.9 Å². The van der Waals surface area contributed by atoms with Crippen LogP contribution in [0.15, 0.2) is 5.38 Å². The van der Waals surface area contributed by atoms with Crippen LogP contribution in [0.3, 0.4) is 0 Å². The van der Waals surface area contributed by atoms with Crippen LogP contribution in [0.2, 0.25) is 0 Å². The first-order valence-electron chi connectivity index (χ1n) is 5.83. The van der Waals surface area contributed by atoms with Crippen molar-refractivity contribution in [3.8, 4) is 0 Å². The van der Waals surface area contributed by atoms with E-state index in [9.17, 15) is 13.2 Å². The molecule has 0 aromatic carbocycles. The van der Waals surface area contributed by atoms with Gasteiger partial charge in [0.2, 0.25) is 10.0 Å². The Morgan fingerprint density at radius 2 is 2.16 bits per heavy atom. The molecule has 3 N–H and O–H groups in total. The highest BCUT2D eigenvalue weighted by Gasteiger charge is 2.26. The zero-order valence-electron chi connectivity index (χ0n) is 10.5. The van der Waals surface area contributed by atoms with Gasteiger partial charge in [0.25, 0.3) is 5.91 Å². The van der Waals surface area contributed by atoms with Crippen molar-refractivity contribution in [1.29, 1.82) is 0 Å². The van der Waals surface area contributed by atoms with Gasteiger partial charge in [-0.1, -0.05) is 0 Å². The molecule has 106 valence electrons. The molecule has 19 heavy (non-hydrogen) atoms. The highest BCUT2D eigenvalue weighted by atomic mass is 32.2. The molecule has 0 spiro atoms. The molecule has 1 aromatic heterocycles. The molecule has 0 radical (unpaired) electrons. The average molecular weight is 304 g/mol. The van der Waals surface area contributed by atoms with Crippen molar-refractivity contribution in [3.63, 3.8) is 0 Å². The number of rotatable bonds is 3. The predicted molar refractivity (Wildman–Crippen MR) is 73.4 cm³/mol. The molecule has 0 atom stereocenters. The first-order valence-corrected chi connectivity index (χ1v) is 8.56. The van der Waals surface area contributed by atoms with E-state index in [1.54, 1.807) is 5.38 Å². The van der Waals surface area contributed by atoms with Crippen LogP contribution in [0, 0.1) is 0 Å². The summed E-state index contributed by atoms with van der Waals surface area (Å²) in [6, 6.07) is -0.0200. The second-order valence-electron chi connectivity index (χ2n) is 4.48. The summed E-state index contributed by atoms with van der Waals surface area (Å²) >= 11 is 1.22. The van der Waals surface area contributed by atoms with Crippen LogP contribution in [0.5, 0.6) is 0 Å². The maximum absolute atomic E-state index is 11.9. The van der Waals surface area contributed by atoms with Crippen molar-refractivity contribution in [2.24, 2.45) is 0 Å². The van der Waals surface area contributed by atoms with Gasteiger partial charge in [-0.15, -0.1) is 11.3 Å². The number of thiazole rings is 1. The lowest BCUT2D eigenvalue weighted by molar-refractivity contribution is 0.0919. The third-order valence-electron chi connectivity index (χ3n) is 3.01. The van der Waals surface area contributed by atoms with Crippen LogP contribution in [0.1, 0.15) is 23.3 Å². The third-order valence-corrected chi connectivity index (χ3v) is 4.99. The summed E-state index contributed by atoms with van der Waals surface area (Å²) in [5, 5.41) is 4.81. The highest BCUT2D eigenvalue weighted by molar-refractivity contribution is 7.88. The number of hydrogen-bond donors (Lipinski definition) is 2. The molecule has 0 aliphatic carbocycles. The van der Waals surface area contributed by atoms with Crippen molar-refractivity contribution >= 4 is 32.4 Å². The standard InChI is InChI=1S/C10H16N4O3S2/c1-19(16,17)14-4-2-7(3-5-14)12-9(15)8-6-18-10(11)13-8/h6-7H,2-5H2,1H3,(H2,11,13)(H,12,15). The van der Waals surface area contributed by atoms with Gasteiger partial charge >= 0.3 is 0 Å². The van der Waals surface area contributed by atoms with Crippen LogP contribution in [0.4, 0.5) is 5.13 Å². The van der Waals surface area contributed by atoms with Crippen LogP contribution < -0.4 is 11.1 Å². The molecule has 1 aliphatic heterocycles.